The van der Waals surface area contributed by atoms with Crippen LogP contribution in [0.4, 0.5) is 5.69 Å². The fourth-order valence-electron chi connectivity index (χ4n) is 1.67. The lowest BCUT2D eigenvalue weighted by Gasteiger charge is -2.20. The van der Waals surface area contributed by atoms with Crippen LogP contribution in [0.5, 0.6) is 0 Å². The van der Waals surface area contributed by atoms with E-state index in [0.717, 1.165) is 21.7 Å². The molecule has 0 N–H and O–H groups in total. The van der Waals surface area contributed by atoms with Crippen LogP contribution in [0.15, 0.2) is 47.2 Å². The Labute approximate surface area is 114 Å². The van der Waals surface area contributed by atoms with Gasteiger partial charge in [-0.3, -0.25) is 4.98 Å². The summed E-state index contributed by atoms with van der Waals surface area (Å²) in [4.78, 5) is 6.20. The number of aromatic nitrogens is 1. The highest BCUT2D eigenvalue weighted by Crippen LogP contribution is 2.25. The first-order chi connectivity index (χ1) is 8.16. The van der Waals surface area contributed by atoms with Crippen molar-refractivity contribution in [1.82, 2.24) is 4.98 Å². The van der Waals surface area contributed by atoms with Crippen molar-refractivity contribution in [2.24, 2.45) is 0 Å². The van der Waals surface area contributed by atoms with E-state index in [1.807, 2.05) is 31.3 Å². The monoisotopic (exact) mass is 310 g/mol. The van der Waals surface area contributed by atoms with Crippen molar-refractivity contribution in [1.29, 1.82) is 0 Å². The van der Waals surface area contributed by atoms with Crippen molar-refractivity contribution in [2.45, 2.75) is 6.54 Å². The first-order valence-corrected chi connectivity index (χ1v) is 6.39. The summed E-state index contributed by atoms with van der Waals surface area (Å²) >= 11 is 9.46. The van der Waals surface area contributed by atoms with Crippen LogP contribution in [0, 0.1) is 0 Å². The average molecular weight is 312 g/mol. The van der Waals surface area contributed by atoms with Gasteiger partial charge in [0.1, 0.15) is 0 Å². The van der Waals surface area contributed by atoms with E-state index in [4.69, 9.17) is 11.6 Å². The molecule has 1 aromatic heterocycles. The molecule has 88 valence electrons. The van der Waals surface area contributed by atoms with Gasteiger partial charge in [-0.25, -0.2) is 0 Å². The number of hydrogen-bond donors (Lipinski definition) is 0. The number of rotatable bonds is 3. The molecule has 0 radical (unpaired) electrons. The highest BCUT2D eigenvalue weighted by Gasteiger charge is 2.06. The van der Waals surface area contributed by atoms with Crippen LogP contribution < -0.4 is 4.90 Å². The first-order valence-electron chi connectivity index (χ1n) is 5.22. The number of benzene rings is 1. The third-order valence-corrected chi connectivity index (χ3v) is 3.32. The number of hydrogen-bond acceptors (Lipinski definition) is 2. The van der Waals surface area contributed by atoms with Gasteiger partial charge in [0, 0.05) is 31.0 Å². The van der Waals surface area contributed by atoms with Crippen LogP contribution in [0.2, 0.25) is 5.02 Å². The highest BCUT2D eigenvalue weighted by atomic mass is 79.9. The van der Waals surface area contributed by atoms with Crippen LogP contribution in [0.25, 0.3) is 0 Å². The molecule has 0 unspecified atom stereocenters. The topological polar surface area (TPSA) is 16.1 Å². The molecule has 1 heterocycles. The van der Waals surface area contributed by atoms with Gasteiger partial charge in [-0.15, -0.1) is 0 Å². The lowest BCUT2D eigenvalue weighted by molar-refractivity contribution is 0.917. The minimum absolute atomic E-state index is 0.768. The Bertz CT molecular complexity index is 516. The molecule has 0 aliphatic rings. The molecule has 0 spiro atoms. The second kappa shape index (κ2) is 5.52. The van der Waals surface area contributed by atoms with Crippen molar-refractivity contribution in [3.8, 4) is 0 Å². The summed E-state index contributed by atoms with van der Waals surface area (Å²) in [6, 6.07) is 9.87. The normalized spacial score (nSPS) is 10.3. The quantitative estimate of drug-likeness (QED) is 0.847. The predicted molar refractivity (Wildman–Crippen MR) is 75.5 cm³/mol. The molecule has 2 nitrogen and oxygen atoms in total. The second-order valence-electron chi connectivity index (χ2n) is 3.81. The lowest BCUT2D eigenvalue weighted by atomic mass is 10.2. The van der Waals surface area contributed by atoms with Gasteiger partial charge >= 0.3 is 0 Å². The molecule has 17 heavy (non-hydrogen) atoms. The summed E-state index contributed by atoms with van der Waals surface area (Å²) in [5.41, 5.74) is 2.30. The van der Waals surface area contributed by atoms with Crippen molar-refractivity contribution in [2.75, 3.05) is 11.9 Å². The van der Waals surface area contributed by atoms with Crippen LogP contribution >= 0.6 is 27.5 Å². The molecule has 4 heteroatoms. The standard InChI is InChI=1S/C13H12BrClN2/c1-17(13-5-6-16-8-12(13)14)9-10-3-2-4-11(15)7-10/h2-8H,9H2,1H3. The van der Waals surface area contributed by atoms with Gasteiger partial charge in [0.05, 0.1) is 10.2 Å². The minimum atomic E-state index is 0.768. The molecular weight excluding hydrogens is 300 g/mol. The van der Waals surface area contributed by atoms with E-state index in [-0.39, 0.29) is 0 Å². The fraction of sp³-hybridized carbons (Fsp3) is 0.154. The van der Waals surface area contributed by atoms with Crippen LogP contribution in [0.3, 0.4) is 0 Å². The molecule has 0 bridgehead atoms. The summed E-state index contributed by atoms with van der Waals surface area (Å²) in [7, 11) is 2.04. The number of nitrogens with zero attached hydrogens (tertiary/aromatic N) is 2. The molecule has 0 aliphatic carbocycles. The Hall–Kier alpha value is -1.06. The average Bonchev–Trinajstić information content (AvgIpc) is 2.29. The maximum atomic E-state index is 5.97. The number of anilines is 1. The highest BCUT2D eigenvalue weighted by molar-refractivity contribution is 9.10. The predicted octanol–water partition coefficient (Wildman–Crippen LogP) is 4.13. The Balaban J connectivity index is 2.17. The van der Waals surface area contributed by atoms with E-state index in [2.05, 4.69) is 31.9 Å². The van der Waals surface area contributed by atoms with Gasteiger partial charge in [0.15, 0.2) is 0 Å². The van der Waals surface area contributed by atoms with E-state index in [1.54, 1.807) is 12.4 Å². The van der Waals surface area contributed by atoms with E-state index < -0.39 is 0 Å². The van der Waals surface area contributed by atoms with Crippen molar-refractivity contribution < 1.29 is 0 Å². The molecule has 1 aromatic carbocycles. The largest absolute Gasteiger partial charge is 0.369 e. The van der Waals surface area contributed by atoms with Crippen LogP contribution in [0.1, 0.15) is 5.56 Å². The maximum Gasteiger partial charge on any atom is 0.0592 e. The van der Waals surface area contributed by atoms with Crippen LogP contribution in [-0.2, 0) is 6.54 Å². The molecule has 2 rings (SSSR count). The van der Waals surface area contributed by atoms with Crippen LogP contribution in [-0.4, -0.2) is 12.0 Å². The number of pyridine rings is 1. The van der Waals surface area contributed by atoms with E-state index >= 15 is 0 Å². The summed E-state index contributed by atoms with van der Waals surface area (Å²) in [5, 5.41) is 0.768. The summed E-state index contributed by atoms with van der Waals surface area (Å²) < 4.78 is 0.990. The summed E-state index contributed by atoms with van der Waals surface area (Å²) in [6.07, 6.45) is 3.58. The Morgan fingerprint density at radius 2 is 2.18 bits per heavy atom. The van der Waals surface area contributed by atoms with Gasteiger partial charge in [-0.05, 0) is 39.7 Å². The van der Waals surface area contributed by atoms with Gasteiger partial charge in [0.25, 0.3) is 0 Å². The molecule has 0 saturated carbocycles. The molecule has 0 fully saturated rings. The molecule has 0 aliphatic heterocycles. The van der Waals surface area contributed by atoms with Gasteiger partial charge < -0.3 is 4.90 Å². The van der Waals surface area contributed by atoms with E-state index in [0.29, 0.717) is 0 Å². The third-order valence-electron chi connectivity index (χ3n) is 2.47. The van der Waals surface area contributed by atoms with E-state index in [9.17, 15) is 0 Å². The maximum absolute atomic E-state index is 5.97. The first kappa shape index (κ1) is 12.4. The molecular formula is C13H12BrClN2. The minimum Gasteiger partial charge on any atom is -0.369 e. The zero-order valence-corrected chi connectivity index (χ0v) is 11.7. The molecule has 2 aromatic rings. The van der Waals surface area contributed by atoms with E-state index in [1.165, 1.54) is 5.56 Å². The molecule has 0 saturated heterocycles. The zero-order chi connectivity index (χ0) is 12.3. The smallest absolute Gasteiger partial charge is 0.0592 e. The third kappa shape index (κ3) is 3.20. The molecule has 0 amide bonds. The van der Waals surface area contributed by atoms with Crippen molar-refractivity contribution in [3.05, 3.63) is 57.8 Å². The lowest BCUT2D eigenvalue weighted by Crippen LogP contribution is -2.16. The van der Waals surface area contributed by atoms with Gasteiger partial charge in [-0.2, -0.15) is 0 Å². The zero-order valence-electron chi connectivity index (χ0n) is 9.40. The van der Waals surface area contributed by atoms with Crippen molar-refractivity contribution >= 4 is 33.2 Å². The summed E-state index contributed by atoms with van der Waals surface area (Å²) in [5.74, 6) is 0. The second-order valence-corrected chi connectivity index (χ2v) is 5.10. The summed E-state index contributed by atoms with van der Waals surface area (Å²) in [6.45, 7) is 0.809. The van der Waals surface area contributed by atoms with Gasteiger partial charge in [-0.1, -0.05) is 23.7 Å². The van der Waals surface area contributed by atoms with Gasteiger partial charge in [0.2, 0.25) is 0 Å². The molecule has 0 atom stereocenters. The van der Waals surface area contributed by atoms with Crippen molar-refractivity contribution in [3.63, 3.8) is 0 Å². The fourth-order valence-corrected chi connectivity index (χ4v) is 2.44. The Morgan fingerprint density at radius 3 is 2.88 bits per heavy atom. The Kier molecular flexibility index (Phi) is 4.02. The Morgan fingerprint density at radius 1 is 1.35 bits per heavy atom. The number of halogens is 2. The SMILES string of the molecule is CN(Cc1cccc(Cl)c1)c1ccncc1Br.